The highest BCUT2D eigenvalue weighted by atomic mass is 16.3. The standard InChI is InChI=1S/C15H28N2O2/c1-12(2)14-6-3-4-8-16(14)10-13(18)11-17-9-5-7-15(17)19/h12-14,18H,3-11H2,1-2H3. The molecule has 2 fully saturated rings. The number of β-amino-alcohol motifs (C(OH)–C–C–N with tert-alkyl or cyclic N) is 1. The smallest absolute Gasteiger partial charge is 0.222 e. The van der Waals surface area contributed by atoms with Gasteiger partial charge >= 0.3 is 0 Å². The number of likely N-dealkylation sites (tertiary alicyclic amines) is 2. The van der Waals surface area contributed by atoms with E-state index in [1.54, 1.807) is 0 Å². The van der Waals surface area contributed by atoms with Gasteiger partial charge in [0, 0.05) is 32.1 Å². The van der Waals surface area contributed by atoms with Gasteiger partial charge in [0.25, 0.3) is 0 Å². The Bertz CT molecular complexity index is 307. The minimum atomic E-state index is -0.401. The van der Waals surface area contributed by atoms with Crippen molar-refractivity contribution in [2.24, 2.45) is 5.92 Å². The number of aliphatic hydroxyl groups excluding tert-OH is 1. The Morgan fingerprint density at radius 2 is 2.00 bits per heavy atom. The Balaban J connectivity index is 1.82. The zero-order valence-electron chi connectivity index (χ0n) is 12.3. The Morgan fingerprint density at radius 1 is 1.21 bits per heavy atom. The molecule has 0 saturated carbocycles. The number of hydrogen-bond donors (Lipinski definition) is 1. The second kappa shape index (κ2) is 6.71. The summed E-state index contributed by atoms with van der Waals surface area (Å²) >= 11 is 0. The third kappa shape index (κ3) is 3.93. The molecule has 1 amide bonds. The molecule has 2 atom stereocenters. The van der Waals surface area contributed by atoms with Gasteiger partial charge in [0.05, 0.1) is 6.10 Å². The lowest BCUT2D eigenvalue weighted by Gasteiger charge is -2.39. The summed E-state index contributed by atoms with van der Waals surface area (Å²) in [6.07, 6.45) is 4.99. The molecule has 0 aromatic rings. The molecule has 2 saturated heterocycles. The van der Waals surface area contributed by atoms with E-state index in [1.807, 2.05) is 4.90 Å². The van der Waals surface area contributed by atoms with Gasteiger partial charge in [-0.25, -0.2) is 0 Å². The third-order valence-electron chi connectivity index (χ3n) is 4.48. The maximum atomic E-state index is 11.6. The topological polar surface area (TPSA) is 43.8 Å². The van der Waals surface area contributed by atoms with Gasteiger partial charge < -0.3 is 10.0 Å². The van der Waals surface area contributed by atoms with Crippen LogP contribution in [0.15, 0.2) is 0 Å². The van der Waals surface area contributed by atoms with E-state index in [0.717, 1.165) is 19.5 Å². The molecular weight excluding hydrogens is 240 g/mol. The molecule has 0 spiro atoms. The van der Waals surface area contributed by atoms with Crippen LogP contribution in [0.5, 0.6) is 0 Å². The molecule has 4 nitrogen and oxygen atoms in total. The van der Waals surface area contributed by atoms with Gasteiger partial charge in [-0.1, -0.05) is 20.3 Å². The third-order valence-corrected chi connectivity index (χ3v) is 4.48. The van der Waals surface area contributed by atoms with Gasteiger partial charge in [-0.3, -0.25) is 9.69 Å². The Morgan fingerprint density at radius 3 is 2.63 bits per heavy atom. The Kier molecular flexibility index (Phi) is 5.22. The first-order valence-electron chi connectivity index (χ1n) is 7.78. The first kappa shape index (κ1) is 14.8. The van der Waals surface area contributed by atoms with Crippen molar-refractivity contribution in [3.05, 3.63) is 0 Å². The highest BCUT2D eigenvalue weighted by Crippen LogP contribution is 2.23. The lowest BCUT2D eigenvalue weighted by Crippen LogP contribution is -2.48. The molecule has 0 aromatic carbocycles. The largest absolute Gasteiger partial charge is 0.390 e. The minimum absolute atomic E-state index is 0.207. The van der Waals surface area contributed by atoms with Crippen LogP contribution in [0.1, 0.15) is 46.0 Å². The van der Waals surface area contributed by atoms with Crippen LogP contribution in [0.3, 0.4) is 0 Å². The first-order chi connectivity index (χ1) is 9.08. The van der Waals surface area contributed by atoms with Crippen LogP contribution in [-0.4, -0.2) is 59.1 Å². The van der Waals surface area contributed by atoms with Crippen molar-refractivity contribution in [2.45, 2.75) is 58.1 Å². The van der Waals surface area contributed by atoms with E-state index in [2.05, 4.69) is 18.7 Å². The molecule has 110 valence electrons. The van der Waals surface area contributed by atoms with E-state index in [0.29, 0.717) is 31.5 Å². The number of carbonyl (C=O) groups excluding carboxylic acids is 1. The summed E-state index contributed by atoms with van der Waals surface area (Å²) in [6, 6.07) is 0.595. The molecule has 0 radical (unpaired) electrons. The van der Waals surface area contributed by atoms with Crippen molar-refractivity contribution in [2.75, 3.05) is 26.2 Å². The molecule has 4 heteroatoms. The van der Waals surface area contributed by atoms with Gasteiger partial charge in [0.15, 0.2) is 0 Å². The van der Waals surface area contributed by atoms with Crippen LogP contribution in [0, 0.1) is 5.92 Å². The number of piperidine rings is 1. The van der Waals surface area contributed by atoms with E-state index in [4.69, 9.17) is 0 Å². The summed E-state index contributed by atoms with van der Waals surface area (Å²) in [5.74, 6) is 0.846. The summed E-state index contributed by atoms with van der Waals surface area (Å²) in [5, 5.41) is 10.2. The van der Waals surface area contributed by atoms with Crippen molar-refractivity contribution >= 4 is 5.91 Å². The highest BCUT2D eigenvalue weighted by molar-refractivity contribution is 5.78. The van der Waals surface area contributed by atoms with Crippen LogP contribution < -0.4 is 0 Å². The van der Waals surface area contributed by atoms with Crippen molar-refractivity contribution in [3.63, 3.8) is 0 Å². The average molecular weight is 268 g/mol. The maximum Gasteiger partial charge on any atom is 0.222 e. The van der Waals surface area contributed by atoms with E-state index in [-0.39, 0.29) is 5.91 Å². The lowest BCUT2D eigenvalue weighted by atomic mass is 9.92. The molecular formula is C15H28N2O2. The zero-order valence-corrected chi connectivity index (χ0v) is 12.3. The average Bonchev–Trinajstić information content (AvgIpc) is 2.75. The number of rotatable bonds is 5. The summed E-state index contributed by atoms with van der Waals surface area (Å²) in [4.78, 5) is 15.8. The molecule has 0 aromatic heterocycles. The van der Waals surface area contributed by atoms with Gasteiger partial charge in [0.2, 0.25) is 5.91 Å². The fraction of sp³-hybridized carbons (Fsp3) is 0.933. The fourth-order valence-electron chi connectivity index (χ4n) is 3.48. The second-order valence-corrected chi connectivity index (χ2v) is 6.40. The molecule has 1 N–H and O–H groups in total. The Hall–Kier alpha value is -0.610. The second-order valence-electron chi connectivity index (χ2n) is 6.40. The highest BCUT2D eigenvalue weighted by Gasteiger charge is 2.28. The monoisotopic (exact) mass is 268 g/mol. The van der Waals surface area contributed by atoms with E-state index in [1.165, 1.54) is 19.3 Å². The van der Waals surface area contributed by atoms with E-state index in [9.17, 15) is 9.90 Å². The van der Waals surface area contributed by atoms with Crippen molar-refractivity contribution in [1.29, 1.82) is 0 Å². The van der Waals surface area contributed by atoms with E-state index < -0.39 is 6.10 Å². The predicted molar refractivity (Wildman–Crippen MR) is 75.9 cm³/mol. The van der Waals surface area contributed by atoms with Gasteiger partial charge in [-0.2, -0.15) is 0 Å². The molecule has 2 aliphatic rings. The summed E-state index contributed by atoms with van der Waals surface area (Å²) in [7, 11) is 0. The summed E-state index contributed by atoms with van der Waals surface area (Å²) in [6.45, 7) is 7.67. The molecule has 2 rings (SSSR count). The number of aliphatic hydroxyl groups is 1. The van der Waals surface area contributed by atoms with Crippen LogP contribution in [0.25, 0.3) is 0 Å². The molecule has 2 unspecified atom stereocenters. The van der Waals surface area contributed by atoms with Crippen molar-refractivity contribution < 1.29 is 9.90 Å². The summed E-state index contributed by atoms with van der Waals surface area (Å²) < 4.78 is 0. The van der Waals surface area contributed by atoms with Gasteiger partial charge in [-0.15, -0.1) is 0 Å². The van der Waals surface area contributed by atoms with Crippen LogP contribution in [0.4, 0.5) is 0 Å². The number of amides is 1. The summed E-state index contributed by atoms with van der Waals surface area (Å²) in [5.41, 5.74) is 0. The fourth-order valence-corrected chi connectivity index (χ4v) is 3.48. The SMILES string of the molecule is CC(C)C1CCCCN1CC(O)CN1CCCC1=O. The molecule has 19 heavy (non-hydrogen) atoms. The normalized spacial score (nSPS) is 27.3. The number of nitrogens with zero attached hydrogens (tertiary/aromatic N) is 2. The quantitative estimate of drug-likeness (QED) is 0.821. The molecule has 0 bridgehead atoms. The van der Waals surface area contributed by atoms with Crippen LogP contribution in [-0.2, 0) is 4.79 Å². The predicted octanol–water partition coefficient (Wildman–Crippen LogP) is 1.48. The molecule has 2 aliphatic heterocycles. The molecule has 2 heterocycles. The van der Waals surface area contributed by atoms with Crippen molar-refractivity contribution in [3.8, 4) is 0 Å². The van der Waals surface area contributed by atoms with Gasteiger partial charge in [0.1, 0.15) is 0 Å². The first-order valence-corrected chi connectivity index (χ1v) is 7.78. The van der Waals surface area contributed by atoms with Crippen molar-refractivity contribution in [1.82, 2.24) is 9.80 Å². The lowest BCUT2D eigenvalue weighted by molar-refractivity contribution is -0.129. The number of hydrogen-bond acceptors (Lipinski definition) is 3. The zero-order chi connectivity index (χ0) is 13.8. The Labute approximate surface area is 116 Å². The number of carbonyl (C=O) groups is 1. The minimum Gasteiger partial charge on any atom is -0.390 e. The van der Waals surface area contributed by atoms with Gasteiger partial charge in [-0.05, 0) is 31.7 Å². The van der Waals surface area contributed by atoms with Crippen LogP contribution in [0.2, 0.25) is 0 Å². The molecule has 0 aliphatic carbocycles. The maximum absolute atomic E-state index is 11.6. The van der Waals surface area contributed by atoms with Crippen LogP contribution >= 0.6 is 0 Å². The van der Waals surface area contributed by atoms with E-state index >= 15 is 0 Å².